The van der Waals surface area contributed by atoms with Gasteiger partial charge < -0.3 is 30.7 Å². The minimum atomic E-state index is -3.83. The molecule has 0 aromatic rings. The SMILES string of the molecule is C=C[C@@H]1CC1(NC(=O)[C@@H](C)C[C@H](CNC(=O)[C@@H](NC(=O)NC1CCCC1)C(C)(C)C)OC1=NC=CC2C=C(OC)C=CC12)C(=O)NS(=O)(=O)C1CC1. The average molecular weight is 743 g/mol. The number of fused-ring (bicyclic) bond motifs is 1. The van der Waals surface area contributed by atoms with Crippen LogP contribution in [0.3, 0.4) is 0 Å². The lowest BCUT2D eigenvalue weighted by Crippen LogP contribution is -2.57. The molecular weight excluding hydrogens is 689 g/mol. The maximum absolute atomic E-state index is 13.7. The van der Waals surface area contributed by atoms with E-state index in [2.05, 4.69) is 37.6 Å². The number of carbonyl (C=O) groups excluding carboxylic acids is 4. The molecule has 5 rings (SSSR count). The van der Waals surface area contributed by atoms with Gasteiger partial charge in [-0.25, -0.2) is 18.2 Å². The van der Waals surface area contributed by atoms with Crippen molar-refractivity contribution < 1.29 is 37.1 Å². The van der Waals surface area contributed by atoms with E-state index in [1.807, 2.05) is 45.1 Å². The molecule has 1 heterocycles. The predicted octanol–water partition coefficient (Wildman–Crippen LogP) is 3.10. The predicted molar refractivity (Wildman–Crippen MR) is 196 cm³/mol. The number of hydrogen-bond acceptors (Lipinski definition) is 9. The molecule has 3 fully saturated rings. The molecule has 286 valence electrons. The Morgan fingerprint density at radius 2 is 1.81 bits per heavy atom. The van der Waals surface area contributed by atoms with E-state index < -0.39 is 74.0 Å². The van der Waals surface area contributed by atoms with Crippen LogP contribution >= 0.6 is 0 Å². The molecule has 0 saturated heterocycles. The van der Waals surface area contributed by atoms with Crippen LogP contribution in [0.15, 0.2) is 53.9 Å². The van der Waals surface area contributed by atoms with E-state index in [-0.39, 0.29) is 37.3 Å². The molecule has 3 saturated carbocycles. The van der Waals surface area contributed by atoms with Crippen LogP contribution in [0.5, 0.6) is 0 Å². The number of amides is 5. The first kappa shape index (κ1) is 39.1. The lowest BCUT2D eigenvalue weighted by atomic mass is 9.86. The van der Waals surface area contributed by atoms with Crippen LogP contribution in [0.4, 0.5) is 4.79 Å². The molecule has 0 radical (unpaired) electrons. The molecule has 3 unspecified atom stereocenters. The fourth-order valence-corrected chi connectivity index (χ4v) is 8.33. The van der Waals surface area contributed by atoms with Gasteiger partial charge in [0, 0.05) is 30.0 Å². The summed E-state index contributed by atoms with van der Waals surface area (Å²) in [5.41, 5.74) is -2.05. The van der Waals surface area contributed by atoms with Gasteiger partial charge in [0.25, 0.3) is 5.91 Å². The van der Waals surface area contributed by atoms with Crippen molar-refractivity contribution >= 4 is 39.7 Å². The van der Waals surface area contributed by atoms with Crippen LogP contribution in [0.2, 0.25) is 0 Å². The van der Waals surface area contributed by atoms with E-state index in [0.717, 1.165) is 25.7 Å². The average Bonchev–Trinajstić information content (AvgIpc) is 4.02. The minimum absolute atomic E-state index is 0.0154. The zero-order valence-corrected chi connectivity index (χ0v) is 31.6. The Kier molecular flexibility index (Phi) is 11.9. The number of hydrogen-bond donors (Lipinski definition) is 5. The summed E-state index contributed by atoms with van der Waals surface area (Å²) in [6.07, 6.45) is 15.3. The first-order valence-corrected chi connectivity index (χ1v) is 19.8. The second kappa shape index (κ2) is 15.8. The molecule has 0 bridgehead atoms. The number of ether oxygens (including phenoxy) is 2. The second-order valence-corrected chi connectivity index (χ2v) is 17.7. The van der Waals surface area contributed by atoms with Gasteiger partial charge in [-0.3, -0.25) is 19.1 Å². The van der Waals surface area contributed by atoms with Crippen molar-refractivity contribution in [3.8, 4) is 0 Å². The number of methoxy groups -OCH3 is 1. The van der Waals surface area contributed by atoms with Crippen LogP contribution in [0, 0.1) is 29.1 Å². The fraction of sp³-hybridized carbons (Fsp3) is 0.649. The van der Waals surface area contributed by atoms with Gasteiger partial charge in [0.1, 0.15) is 23.4 Å². The van der Waals surface area contributed by atoms with E-state index in [1.165, 1.54) is 6.08 Å². The lowest BCUT2D eigenvalue weighted by molar-refractivity contribution is -0.131. The molecular formula is C37H54N6O8S. The first-order valence-electron chi connectivity index (χ1n) is 18.3. The van der Waals surface area contributed by atoms with E-state index in [0.29, 0.717) is 24.5 Å². The maximum Gasteiger partial charge on any atom is 0.315 e. The van der Waals surface area contributed by atoms with Crippen molar-refractivity contribution in [3.05, 3.63) is 48.9 Å². The molecule has 15 heteroatoms. The van der Waals surface area contributed by atoms with E-state index >= 15 is 0 Å². The van der Waals surface area contributed by atoms with Crippen LogP contribution in [-0.2, 0) is 33.9 Å². The molecule has 5 amide bonds. The molecule has 0 spiro atoms. The van der Waals surface area contributed by atoms with Crippen molar-refractivity contribution in [2.45, 2.75) is 108 Å². The van der Waals surface area contributed by atoms with Crippen LogP contribution < -0.4 is 26.0 Å². The Balaban J connectivity index is 1.29. The summed E-state index contributed by atoms with van der Waals surface area (Å²) in [7, 11) is -2.23. The molecule has 1 aliphatic heterocycles. The number of allylic oxidation sites excluding steroid dienone is 3. The Morgan fingerprint density at radius 1 is 1.10 bits per heavy atom. The number of carbonyl (C=O) groups is 4. The van der Waals surface area contributed by atoms with Crippen molar-refractivity contribution in [1.29, 1.82) is 0 Å². The fourth-order valence-electron chi connectivity index (χ4n) is 6.97. The standard InChI is InChI=1S/C37H54N6O8S/c1-7-24-20-37(24,34(46)43-52(48,49)28-13-14-28)42-31(44)22(2)18-27(51-33-29-15-12-26(50-6)19-23(29)16-17-38-33)21-39-32(45)30(36(3,4)5)41-35(47)40-25-10-8-9-11-25/h7,12,15-17,19,22-25,27-30H,1,8-11,13-14,18,20-21H2,2-6H3,(H,39,45)(H,42,44)(H,43,46)(H2,40,41,47)/t22-,23?,24+,27+,29?,30+,37?/m0/s1. The highest BCUT2D eigenvalue weighted by molar-refractivity contribution is 7.91. The summed E-state index contributed by atoms with van der Waals surface area (Å²) in [4.78, 5) is 58.1. The lowest BCUT2D eigenvalue weighted by Gasteiger charge is -2.33. The van der Waals surface area contributed by atoms with E-state index in [4.69, 9.17) is 9.47 Å². The molecule has 7 atom stereocenters. The Hall–Kier alpha value is -4.14. The topological polar surface area (TPSA) is 193 Å². The number of rotatable bonds is 15. The third-order valence-corrected chi connectivity index (χ3v) is 12.3. The molecule has 0 aromatic heterocycles. The monoisotopic (exact) mass is 742 g/mol. The van der Waals surface area contributed by atoms with Crippen molar-refractivity contribution in [2.24, 2.45) is 34.1 Å². The molecule has 4 aliphatic carbocycles. The largest absolute Gasteiger partial charge is 0.497 e. The highest BCUT2D eigenvalue weighted by atomic mass is 32.2. The van der Waals surface area contributed by atoms with Gasteiger partial charge >= 0.3 is 6.03 Å². The molecule has 52 heavy (non-hydrogen) atoms. The smallest absolute Gasteiger partial charge is 0.315 e. The van der Waals surface area contributed by atoms with Gasteiger partial charge in [-0.2, -0.15) is 0 Å². The molecule has 5 N–H and O–H groups in total. The van der Waals surface area contributed by atoms with Gasteiger partial charge in [0.2, 0.25) is 21.8 Å². The van der Waals surface area contributed by atoms with Crippen LogP contribution in [0.1, 0.15) is 79.1 Å². The summed E-state index contributed by atoms with van der Waals surface area (Å²) < 4.78 is 39.2. The normalized spacial score (nSPS) is 27.1. The summed E-state index contributed by atoms with van der Waals surface area (Å²) in [6.45, 7) is 11.0. The Morgan fingerprint density at radius 3 is 2.42 bits per heavy atom. The molecule has 14 nitrogen and oxygen atoms in total. The van der Waals surface area contributed by atoms with Crippen molar-refractivity contribution in [3.63, 3.8) is 0 Å². The third kappa shape index (κ3) is 9.44. The van der Waals surface area contributed by atoms with E-state index in [9.17, 15) is 27.6 Å². The second-order valence-electron chi connectivity index (χ2n) is 15.7. The van der Waals surface area contributed by atoms with Crippen molar-refractivity contribution in [2.75, 3.05) is 13.7 Å². The summed E-state index contributed by atoms with van der Waals surface area (Å²) >= 11 is 0. The van der Waals surface area contributed by atoms with Gasteiger partial charge in [-0.1, -0.05) is 58.8 Å². The van der Waals surface area contributed by atoms with Crippen LogP contribution in [0.25, 0.3) is 0 Å². The minimum Gasteiger partial charge on any atom is -0.497 e. The third-order valence-electron chi connectivity index (χ3n) is 10.5. The van der Waals surface area contributed by atoms with Gasteiger partial charge in [-0.15, -0.1) is 6.58 Å². The number of nitrogens with one attached hydrogen (secondary N) is 5. The number of urea groups is 1. The number of aliphatic imine (C=N–C) groups is 1. The van der Waals surface area contributed by atoms with Gasteiger partial charge in [0.15, 0.2) is 5.90 Å². The number of nitrogens with zero attached hydrogens (tertiary/aromatic N) is 1. The summed E-state index contributed by atoms with van der Waals surface area (Å²) in [5, 5.41) is 11.0. The highest BCUT2D eigenvalue weighted by Crippen LogP contribution is 2.45. The maximum atomic E-state index is 13.7. The van der Waals surface area contributed by atoms with Crippen molar-refractivity contribution in [1.82, 2.24) is 26.0 Å². The first-order chi connectivity index (χ1) is 24.6. The molecule has 0 aromatic carbocycles. The number of sulfonamides is 1. The quantitative estimate of drug-likeness (QED) is 0.158. The zero-order valence-electron chi connectivity index (χ0n) is 30.8. The highest BCUT2D eigenvalue weighted by Gasteiger charge is 2.61. The van der Waals surface area contributed by atoms with Gasteiger partial charge in [-0.05, 0) is 56.1 Å². The van der Waals surface area contributed by atoms with Crippen LogP contribution in [-0.4, -0.2) is 80.7 Å². The summed E-state index contributed by atoms with van der Waals surface area (Å²) in [6, 6.07) is -1.19. The Bertz CT molecular complexity index is 1640. The Labute approximate surface area is 306 Å². The summed E-state index contributed by atoms with van der Waals surface area (Å²) in [5.74, 6) is -2.03. The van der Waals surface area contributed by atoms with E-state index in [1.54, 1.807) is 20.2 Å². The molecule has 5 aliphatic rings. The zero-order chi connectivity index (χ0) is 37.8. The van der Waals surface area contributed by atoms with Gasteiger partial charge in [0.05, 0.1) is 24.8 Å².